The minimum Gasteiger partial charge on any atom is -0.311 e. The van der Waals surface area contributed by atoms with E-state index in [1.54, 1.807) is 0 Å². The van der Waals surface area contributed by atoms with Gasteiger partial charge in [0.25, 0.3) is 0 Å². The van der Waals surface area contributed by atoms with Crippen LogP contribution in [0.5, 0.6) is 0 Å². The van der Waals surface area contributed by atoms with Gasteiger partial charge in [0.15, 0.2) is 0 Å². The molecule has 0 heterocycles. The molecule has 0 amide bonds. The number of hydrogen-bond donors (Lipinski definition) is 1. The number of nitrogens with one attached hydrogen (secondary N) is 1. The summed E-state index contributed by atoms with van der Waals surface area (Å²) in [4.78, 5) is 0. The van der Waals surface area contributed by atoms with Crippen molar-refractivity contribution in [1.29, 1.82) is 0 Å². The second-order valence-electron chi connectivity index (χ2n) is 6.26. The molecule has 1 aliphatic rings. The Morgan fingerprint density at radius 2 is 2.05 bits per heavy atom. The third-order valence-electron chi connectivity index (χ3n) is 4.14. The molecule has 0 unspecified atom stereocenters. The van der Waals surface area contributed by atoms with Gasteiger partial charge < -0.3 is 5.32 Å². The molecule has 0 radical (unpaired) electrons. The molecule has 0 bridgehead atoms. The number of rotatable bonds is 5. The minimum absolute atomic E-state index is 0.519. The van der Waals surface area contributed by atoms with Crippen LogP contribution in [0.2, 0.25) is 5.02 Å². The molecule has 116 valence electrons. The molecular weight excluding hydrogens is 346 g/mol. The fourth-order valence-corrected chi connectivity index (χ4v) is 3.36. The van der Waals surface area contributed by atoms with E-state index in [1.807, 2.05) is 12.1 Å². The van der Waals surface area contributed by atoms with Gasteiger partial charge in [0.1, 0.15) is 0 Å². The highest BCUT2D eigenvalue weighted by atomic mass is 79.9. The highest BCUT2D eigenvalue weighted by Crippen LogP contribution is 2.31. The van der Waals surface area contributed by atoms with Gasteiger partial charge >= 0.3 is 0 Å². The van der Waals surface area contributed by atoms with E-state index in [0.29, 0.717) is 6.04 Å². The van der Waals surface area contributed by atoms with Gasteiger partial charge in [0.05, 0.1) is 5.02 Å². The molecule has 2 rings (SSSR count). The summed E-state index contributed by atoms with van der Waals surface area (Å²) >= 11 is 9.68. The van der Waals surface area contributed by atoms with Crippen LogP contribution in [-0.4, -0.2) is 12.6 Å². The zero-order valence-corrected chi connectivity index (χ0v) is 15.3. The molecule has 1 aromatic rings. The molecule has 0 aromatic heterocycles. The van der Waals surface area contributed by atoms with E-state index in [9.17, 15) is 0 Å². The maximum absolute atomic E-state index is 6.22. The van der Waals surface area contributed by atoms with E-state index < -0.39 is 0 Å². The van der Waals surface area contributed by atoms with Crippen molar-refractivity contribution >= 4 is 33.6 Å². The van der Waals surface area contributed by atoms with E-state index in [2.05, 4.69) is 47.2 Å². The van der Waals surface area contributed by atoms with Crippen LogP contribution < -0.4 is 5.32 Å². The monoisotopic (exact) mass is 369 g/mol. The average molecular weight is 371 g/mol. The van der Waals surface area contributed by atoms with Gasteiger partial charge in [-0.2, -0.15) is 0 Å². The summed E-state index contributed by atoms with van der Waals surface area (Å²) in [5.74, 6) is 0.729. The molecule has 21 heavy (non-hydrogen) atoms. The Hall–Kier alpha value is -0.310. The summed E-state index contributed by atoms with van der Waals surface area (Å²) in [5, 5.41) is 4.36. The van der Waals surface area contributed by atoms with Crippen molar-refractivity contribution < 1.29 is 0 Å². The van der Waals surface area contributed by atoms with Crippen LogP contribution in [0.1, 0.15) is 51.5 Å². The van der Waals surface area contributed by atoms with Crippen LogP contribution in [-0.2, 0) is 0 Å². The summed E-state index contributed by atoms with van der Waals surface area (Å²) in [6.45, 7) is 5.39. The lowest BCUT2D eigenvalue weighted by molar-refractivity contribution is 0.394. The first-order chi connectivity index (χ1) is 10.1. The fraction of sp³-hybridized carbons (Fsp3) is 0.556. The lowest BCUT2D eigenvalue weighted by Gasteiger charge is -2.26. The summed E-state index contributed by atoms with van der Waals surface area (Å²) in [6.07, 6.45) is 9.12. The normalized spacial score (nSPS) is 17.5. The van der Waals surface area contributed by atoms with E-state index >= 15 is 0 Å². The molecule has 1 nitrogen and oxygen atoms in total. The van der Waals surface area contributed by atoms with Crippen molar-refractivity contribution in [2.45, 2.75) is 52.0 Å². The molecule has 1 N–H and O–H groups in total. The Morgan fingerprint density at radius 1 is 1.33 bits per heavy atom. The molecule has 1 aliphatic carbocycles. The summed E-state index contributed by atoms with van der Waals surface area (Å²) in [5.41, 5.74) is 2.73. The van der Waals surface area contributed by atoms with Gasteiger partial charge in [0.2, 0.25) is 0 Å². The minimum atomic E-state index is 0.519. The largest absolute Gasteiger partial charge is 0.311 e. The Morgan fingerprint density at radius 3 is 2.67 bits per heavy atom. The Balaban J connectivity index is 2.19. The summed E-state index contributed by atoms with van der Waals surface area (Å²) in [6, 6.07) is 6.73. The zero-order valence-electron chi connectivity index (χ0n) is 13.0. The molecular formula is C18H25BrClN. The quantitative estimate of drug-likeness (QED) is 0.663. The predicted octanol–water partition coefficient (Wildman–Crippen LogP) is 6.06. The van der Waals surface area contributed by atoms with Gasteiger partial charge in [-0.25, -0.2) is 0 Å². The Labute approximate surface area is 142 Å². The highest BCUT2D eigenvalue weighted by molar-refractivity contribution is 9.10. The van der Waals surface area contributed by atoms with Gasteiger partial charge in [0, 0.05) is 17.1 Å². The van der Waals surface area contributed by atoms with E-state index in [1.165, 1.54) is 43.2 Å². The first kappa shape index (κ1) is 17.1. The fourth-order valence-electron chi connectivity index (χ4n) is 2.92. The number of hydrogen-bond acceptors (Lipinski definition) is 1. The second kappa shape index (κ2) is 8.36. The van der Waals surface area contributed by atoms with E-state index in [0.717, 1.165) is 22.0 Å². The van der Waals surface area contributed by atoms with Crippen molar-refractivity contribution in [2.75, 3.05) is 6.54 Å². The third-order valence-corrected chi connectivity index (χ3v) is 5.37. The zero-order chi connectivity index (χ0) is 15.2. The van der Waals surface area contributed by atoms with Gasteiger partial charge in [-0.1, -0.05) is 62.4 Å². The first-order valence-corrected chi connectivity index (χ1v) is 9.12. The molecule has 1 aromatic carbocycles. The SMILES string of the molecule is CC(C)NC/C(=C/c1ccc(Br)c(Cl)c1)C1CCCCC1. The van der Waals surface area contributed by atoms with E-state index in [-0.39, 0.29) is 0 Å². The van der Waals surface area contributed by atoms with Crippen LogP contribution in [0.15, 0.2) is 28.2 Å². The smallest absolute Gasteiger partial charge is 0.0554 e. The second-order valence-corrected chi connectivity index (χ2v) is 7.52. The van der Waals surface area contributed by atoms with Crippen LogP contribution >= 0.6 is 27.5 Å². The third kappa shape index (κ3) is 5.43. The van der Waals surface area contributed by atoms with Gasteiger partial charge in [-0.3, -0.25) is 0 Å². The summed E-state index contributed by atoms with van der Waals surface area (Å²) < 4.78 is 0.959. The maximum atomic E-state index is 6.22. The molecule has 3 heteroatoms. The lowest BCUT2D eigenvalue weighted by Crippen LogP contribution is -2.27. The van der Waals surface area contributed by atoms with Crippen molar-refractivity contribution in [3.8, 4) is 0 Å². The number of benzene rings is 1. The molecule has 1 saturated carbocycles. The maximum Gasteiger partial charge on any atom is 0.0554 e. The number of halogens is 2. The van der Waals surface area contributed by atoms with Crippen molar-refractivity contribution in [2.24, 2.45) is 5.92 Å². The topological polar surface area (TPSA) is 12.0 Å². The molecule has 0 spiro atoms. The van der Waals surface area contributed by atoms with Crippen LogP contribution in [0.4, 0.5) is 0 Å². The lowest BCUT2D eigenvalue weighted by atomic mass is 9.83. The average Bonchev–Trinajstić information content (AvgIpc) is 2.48. The molecule has 0 aliphatic heterocycles. The predicted molar refractivity (Wildman–Crippen MR) is 96.8 cm³/mol. The highest BCUT2D eigenvalue weighted by Gasteiger charge is 2.18. The van der Waals surface area contributed by atoms with E-state index in [4.69, 9.17) is 11.6 Å². The van der Waals surface area contributed by atoms with Crippen LogP contribution in [0.25, 0.3) is 6.08 Å². The summed E-state index contributed by atoms with van der Waals surface area (Å²) in [7, 11) is 0. The molecule has 0 atom stereocenters. The van der Waals surface area contributed by atoms with Crippen LogP contribution in [0, 0.1) is 5.92 Å². The Kier molecular flexibility index (Phi) is 6.78. The van der Waals surface area contributed by atoms with Gasteiger partial charge in [-0.15, -0.1) is 0 Å². The van der Waals surface area contributed by atoms with Crippen molar-refractivity contribution in [1.82, 2.24) is 5.32 Å². The standard InChI is InChI=1S/C18H25BrClN/c1-13(2)21-12-16(15-6-4-3-5-7-15)10-14-8-9-17(19)18(20)11-14/h8-11,13,15,21H,3-7,12H2,1-2H3/b16-10-. The molecule has 1 fully saturated rings. The van der Waals surface area contributed by atoms with Crippen molar-refractivity contribution in [3.05, 3.63) is 38.8 Å². The molecule has 0 saturated heterocycles. The Bertz CT molecular complexity index is 490. The van der Waals surface area contributed by atoms with Crippen LogP contribution in [0.3, 0.4) is 0 Å². The first-order valence-electron chi connectivity index (χ1n) is 7.95. The van der Waals surface area contributed by atoms with Gasteiger partial charge in [-0.05, 0) is 52.4 Å². The van der Waals surface area contributed by atoms with Crippen molar-refractivity contribution in [3.63, 3.8) is 0 Å².